The van der Waals surface area contributed by atoms with Gasteiger partial charge in [-0.15, -0.1) is 0 Å². The van der Waals surface area contributed by atoms with E-state index in [-0.39, 0.29) is 0 Å². The van der Waals surface area contributed by atoms with Crippen molar-refractivity contribution in [1.29, 1.82) is 0 Å². The minimum absolute atomic E-state index is 0.702. The second kappa shape index (κ2) is 5.04. The summed E-state index contributed by atoms with van der Waals surface area (Å²) in [5.74, 6) is 0.987. The number of rotatable bonds is 3. The number of methoxy groups -OCH3 is 1. The molecule has 3 nitrogen and oxygen atoms in total. The van der Waals surface area contributed by atoms with E-state index in [1.807, 2.05) is 0 Å². The molecule has 0 spiro atoms. The van der Waals surface area contributed by atoms with Gasteiger partial charge in [0.1, 0.15) is 5.75 Å². The first kappa shape index (κ1) is 12.8. The number of benzene rings is 1. The standard InChI is InChI=1S/C16H24N2O/c1-11-8-13(6-7-16(11)19-3)18-14-4-5-15(18)10-12(9-14)17-2/h6-8,12,14-15,17H,4-5,9-10H2,1-3H3. The van der Waals surface area contributed by atoms with Crippen molar-refractivity contribution in [2.45, 2.75) is 50.7 Å². The van der Waals surface area contributed by atoms with Crippen LogP contribution in [0, 0.1) is 6.92 Å². The maximum atomic E-state index is 5.36. The molecule has 2 bridgehead atoms. The van der Waals surface area contributed by atoms with Crippen LogP contribution < -0.4 is 15.0 Å². The molecule has 0 amide bonds. The molecule has 2 heterocycles. The van der Waals surface area contributed by atoms with Gasteiger partial charge >= 0.3 is 0 Å². The zero-order valence-corrected chi connectivity index (χ0v) is 12.1. The third kappa shape index (κ3) is 2.20. The Bertz CT molecular complexity index is 446. The number of hydrogen-bond donors (Lipinski definition) is 1. The van der Waals surface area contributed by atoms with Gasteiger partial charge in [0.05, 0.1) is 7.11 Å². The van der Waals surface area contributed by atoms with E-state index < -0.39 is 0 Å². The molecule has 0 aromatic heterocycles. The highest BCUT2D eigenvalue weighted by Crippen LogP contribution is 2.40. The summed E-state index contributed by atoms with van der Waals surface area (Å²) in [5, 5.41) is 3.46. The Balaban J connectivity index is 1.85. The van der Waals surface area contributed by atoms with Gasteiger partial charge in [-0.25, -0.2) is 0 Å². The summed E-state index contributed by atoms with van der Waals surface area (Å²) in [6.45, 7) is 2.13. The zero-order valence-electron chi connectivity index (χ0n) is 12.1. The Labute approximate surface area is 115 Å². The smallest absolute Gasteiger partial charge is 0.121 e. The molecule has 2 unspecified atom stereocenters. The Hall–Kier alpha value is -1.22. The quantitative estimate of drug-likeness (QED) is 0.904. The minimum Gasteiger partial charge on any atom is -0.496 e. The topological polar surface area (TPSA) is 24.5 Å². The number of ether oxygens (including phenoxy) is 1. The number of anilines is 1. The molecular formula is C16H24N2O. The van der Waals surface area contributed by atoms with Crippen molar-refractivity contribution >= 4 is 5.69 Å². The van der Waals surface area contributed by atoms with Gasteiger partial charge in [-0.05, 0) is 63.4 Å². The maximum Gasteiger partial charge on any atom is 0.121 e. The van der Waals surface area contributed by atoms with Crippen LogP contribution >= 0.6 is 0 Å². The molecule has 1 aromatic carbocycles. The molecule has 104 valence electrons. The van der Waals surface area contributed by atoms with Gasteiger partial charge in [-0.3, -0.25) is 0 Å². The first-order valence-corrected chi connectivity index (χ1v) is 7.33. The summed E-state index contributed by atoms with van der Waals surface area (Å²) in [5.41, 5.74) is 2.61. The molecule has 19 heavy (non-hydrogen) atoms. The van der Waals surface area contributed by atoms with Crippen molar-refractivity contribution in [2.24, 2.45) is 0 Å². The average Bonchev–Trinajstić information content (AvgIpc) is 2.69. The summed E-state index contributed by atoms with van der Waals surface area (Å²) in [6, 6.07) is 8.73. The van der Waals surface area contributed by atoms with E-state index in [1.54, 1.807) is 7.11 Å². The van der Waals surface area contributed by atoms with Crippen LogP contribution in [-0.4, -0.2) is 32.3 Å². The van der Waals surface area contributed by atoms with E-state index in [4.69, 9.17) is 4.74 Å². The van der Waals surface area contributed by atoms with Crippen LogP contribution in [0.1, 0.15) is 31.2 Å². The first-order valence-electron chi connectivity index (χ1n) is 7.33. The fourth-order valence-corrected chi connectivity index (χ4v) is 3.86. The van der Waals surface area contributed by atoms with Gasteiger partial charge in [-0.1, -0.05) is 0 Å². The number of nitrogens with one attached hydrogen (secondary N) is 1. The molecule has 3 heteroatoms. The normalized spacial score (nSPS) is 29.6. The van der Waals surface area contributed by atoms with E-state index in [1.165, 1.54) is 36.9 Å². The van der Waals surface area contributed by atoms with Crippen molar-refractivity contribution in [3.05, 3.63) is 23.8 Å². The maximum absolute atomic E-state index is 5.36. The molecule has 3 rings (SSSR count). The van der Waals surface area contributed by atoms with Gasteiger partial charge in [0, 0.05) is 23.8 Å². The average molecular weight is 260 g/mol. The number of aryl methyl sites for hydroxylation is 1. The molecule has 1 N–H and O–H groups in total. The zero-order chi connectivity index (χ0) is 13.4. The van der Waals surface area contributed by atoms with Crippen molar-refractivity contribution in [2.75, 3.05) is 19.1 Å². The predicted octanol–water partition coefficient (Wildman–Crippen LogP) is 2.72. The van der Waals surface area contributed by atoms with E-state index in [0.29, 0.717) is 18.1 Å². The predicted molar refractivity (Wildman–Crippen MR) is 79.1 cm³/mol. The van der Waals surface area contributed by atoms with Gasteiger partial charge in [0.25, 0.3) is 0 Å². The summed E-state index contributed by atoms with van der Waals surface area (Å²) >= 11 is 0. The second-order valence-electron chi connectivity index (χ2n) is 5.90. The molecule has 2 aliphatic heterocycles. The molecular weight excluding hydrogens is 236 g/mol. The molecule has 0 aliphatic carbocycles. The molecule has 2 atom stereocenters. The highest BCUT2D eigenvalue weighted by Gasteiger charge is 2.40. The van der Waals surface area contributed by atoms with Crippen LogP contribution in [0.5, 0.6) is 5.75 Å². The lowest BCUT2D eigenvalue weighted by molar-refractivity contribution is 0.373. The number of hydrogen-bond acceptors (Lipinski definition) is 3. The van der Waals surface area contributed by atoms with Gasteiger partial charge in [-0.2, -0.15) is 0 Å². The van der Waals surface area contributed by atoms with Crippen LogP contribution in [-0.2, 0) is 0 Å². The van der Waals surface area contributed by atoms with Crippen molar-refractivity contribution < 1.29 is 4.74 Å². The van der Waals surface area contributed by atoms with Gasteiger partial charge in [0.2, 0.25) is 0 Å². The lowest BCUT2D eigenvalue weighted by Crippen LogP contribution is -2.48. The molecule has 2 saturated heterocycles. The lowest BCUT2D eigenvalue weighted by Gasteiger charge is -2.40. The van der Waals surface area contributed by atoms with Gasteiger partial charge in [0.15, 0.2) is 0 Å². The SMILES string of the molecule is CNC1CC2CCC(C1)N2c1ccc(OC)c(C)c1. The molecule has 0 radical (unpaired) electrons. The van der Waals surface area contributed by atoms with E-state index >= 15 is 0 Å². The van der Waals surface area contributed by atoms with Crippen molar-refractivity contribution in [3.63, 3.8) is 0 Å². The van der Waals surface area contributed by atoms with Crippen molar-refractivity contribution in [1.82, 2.24) is 5.32 Å². The third-order valence-electron chi connectivity index (χ3n) is 4.82. The van der Waals surface area contributed by atoms with Gasteiger partial charge < -0.3 is 15.0 Å². The largest absolute Gasteiger partial charge is 0.496 e. The summed E-state index contributed by atoms with van der Waals surface area (Å²) in [6.07, 6.45) is 5.23. The Morgan fingerprint density at radius 2 is 1.89 bits per heavy atom. The fraction of sp³-hybridized carbons (Fsp3) is 0.625. The van der Waals surface area contributed by atoms with Crippen LogP contribution in [0.3, 0.4) is 0 Å². The van der Waals surface area contributed by atoms with Crippen LogP contribution in [0.15, 0.2) is 18.2 Å². The minimum atomic E-state index is 0.702. The van der Waals surface area contributed by atoms with Crippen LogP contribution in [0.4, 0.5) is 5.69 Å². The number of nitrogens with zero attached hydrogens (tertiary/aromatic N) is 1. The fourth-order valence-electron chi connectivity index (χ4n) is 3.86. The van der Waals surface area contributed by atoms with Crippen LogP contribution in [0.2, 0.25) is 0 Å². The van der Waals surface area contributed by atoms with Crippen LogP contribution in [0.25, 0.3) is 0 Å². The molecule has 2 aliphatic rings. The van der Waals surface area contributed by atoms with Crippen molar-refractivity contribution in [3.8, 4) is 5.75 Å². The second-order valence-corrected chi connectivity index (χ2v) is 5.90. The van der Waals surface area contributed by atoms with E-state index in [9.17, 15) is 0 Å². The molecule has 2 fully saturated rings. The molecule has 0 saturated carbocycles. The first-order chi connectivity index (χ1) is 9.22. The Morgan fingerprint density at radius 1 is 1.21 bits per heavy atom. The highest BCUT2D eigenvalue weighted by atomic mass is 16.5. The summed E-state index contributed by atoms with van der Waals surface area (Å²) in [4.78, 5) is 2.65. The Kier molecular flexibility index (Phi) is 3.40. The third-order valence-corrected chi connectivity index (χ3v) is 4.82. The number of piperidine rings is 1. The summed E-state index contributed by atoms with van der Waals surface area (Å²) < 4.78 is 5.36. The van der Waals surface area contributed by atoms with E-state index in [0.717, 1.165) is 5.75 Å². The lowest BCUT2D eigenvalue weighted by atomic mass is 9.96. The monoisotopic (exact) mass is 260 g/mol. The highest BCUT2D eigenvalue weighted by molar-refractivity contribution is 5.55. The summed E-state index contributed by atoms with van der Waals surface area (Å²) in [7, 11) is 3.83. The Morgan fingerprint density at radius 3 is 2.42 bits per heavy atom. The molecule has 1 aromatic rings. The number of fused-ring (bicyclic) bond motifs is 2. The van der Waals surface area contributed by atoms with E-state index in [2.05, 4.69) is 42.4 Å².